The molecule has 7 heteroatoms. The first-order valence-electron chi connectivity index (χ1n) is 10.7. The van der Waals surface area contributed by atoms with E-state index in [1.54, 1.807) is 61.7 Å². The minimum Gasteiger partial charge on any atom is -0.493 e. The molecule has 0 amide bonds. The van der Waals surface area contributed by atoms with Gasteiger partial charge in [0.1, 0.15) is 10.7 Å². The van der Waals surface area contributed by atoms with E-state index < -0.39 is 9.84 Å². The molecule has 0 atom stereocenters. The Labute approximate surface area is 193 Å². The Bertz CT molecular complexity index is 1360. The molecular formula is C26H26N2O4S. The quantitative estimate of drug-likeness (QED) is 0.370. The smallest absolute Gasteiger partial charge is 0.210 e. The van der Waals surface area contributed by atoms with Gasteiger partial charge in [-0.1, -0.05) is 50.2 Å². The van der Waals surface area contributed by atoms with Gasteiger partial charge in [0.15, 0.2) is 11.5 Å². The summed E-state index contributed by atoms with van der Waals surface area (Å²) in [7, 11) is -2.28. The van der Waals surface area contributed by atoms with Crippen molar-refractivity contribution in [2.24, 2.45) is 5.92 Å². The topological polar surface area (TPSA) is 81.3 Å². The maximum Gasteiger partial charge on any atom is 0.210 e. The van der Waals surface area contributed by atoms with Crippen LogP contribution in [0.4, 0.5) is 0 Å². The van der Waals surface area contributed by atoms with Crippen molar-refractivity contribution in [1.82, 2.24) is 9.97 Å². The molecule has 0 saturated carbocycles. The van der Waals surface area contributed by atoms with Gasteiger partial charge in [0.2, 0.25) is 9.84 Å². The van der Waals surface area contributed by atoms with E-state index in [1.807, 2.05) is 24.3 Å². The summed E-state index contributed by atoms with van der Waals surface area (Å²) in [5.41, 5.74) is 2.11. The molecule has 0 unspecified atom stereocenters. The lowest BCUT2D eigenvalue weighted by Crippen LogP contribution is -2.06. The number of imidazole rings is 1. The molecule has 0 aliphatic carbocycles. The average molecular weight is 463 g/mol. The second-order valence-corrected chi connectivity index (χ2v) is 9.96. The van der Waals surface area contributed by atoms with Gasteiger partial charge in [0.05, 0.1) is 29.6 Å². The number of nitrogens with zero attached hydrogens (tertiary/aromatic N) is 1. The van der Waals surface area contributed by atoms with Crippen LogP contribution in [-0.2, 0) is 9.84 Å². The van der Waals surface area contributed by atoms with Crippen molar-refractivity contribution < 1.29 is 17.9 Å². The van der Waals surface area contributed by atoms with Gasteiger partial charge >= 0.3 is 0 Å². The van der Waals surface area contributed by atoms with Crippen LogP contribution in [0.1, 0.15) is 25.2 Å². The number of sulfone groups is 1. The molecule has 0 radical (unpaired) electrons. The molecule has 1 heterocycles. The Morgan fingerprint density at radius 2 is 1.73 bits per heavy atom. The maximum absolute atomic E-state index is 13.7. The van der Waals surface area contributed by atoms with Crippen molar-refractivity contribution in [2.45, 2.75) is 18.7 Å². The van der Waals surface area contributed by atoms with Gasteiger partial charge in [0.25, 0.3) is 0 Å². The molecule has 1 N–H and O–H groups in total. The van der Waals surface area contributed by atoms with Gasteiger partial charge in [-0.2, -0.15) is 0 Å². The first kappa shape index (κ1) is 22.6. The number of ether oxygens (including phenoxy) is 2. The van der Waals surface area contributed by atoms with Gasteiger partial charge in [-0.05, 0) is 54.0 Å². The fourth-order valence-electron chi connectivity index (χ4n) is 3.37. The summed E-state index contributed by atoms with van der Waals surface area (Å²) in [5, 5.41) is 0. The van der Waals surface area contributed by atoms with Crippen LogP contribution in [0.25, 0.3) is 22.0 Å². The lowest BCUT2D eigenvalue weighted by atomic mass is 10.2. The van der Waals surface area contributed by atoms with Crippen molar-refractivity contribution in [3.05, 3.63) is 84.2 Å². The van der Waals surface area contributed by atoms with Gasteiger partial charge in [-0.15, -0.1) is 0 Å². The number of H-pyrrole nitrogens is 1. The van der Waals surface area contributed by atoms with Crippen molar-refractivity contribution >= 4 is 31.9 Å². The highest BCUT2D eigenvalue weighted by Crippen LogP contribution is 2.33. The van der Waals surface area contributed by atoms with Crippen LogP contribution in [0, 0.1) is 5.92 Å². The Morgan fingerprint density at radius 3 is 2.42 bits per heavy atom. The second-order valence-electron chi connectivity index (χ2n) is 8.04. The monoisotopic (exact) mass is 462 g/mol. The summed E-state index contributed by atoms with van der Waals surface area (Å²) in [4.78, 5) is 7.98. The zero-order valence-electron chi connectivity index (χ0n) is 18.8. The fraction of sp³-hybridized carbons (Fsp3) is 0.192. The lowest BCUT2D eigenvalue weighted by Gasteiger charge is -2.13. The van der Waals surface area contributed by atoms with Crippen molar-refractivity contribution in [2.75, 3.05) is 13.7 Å². The summed E-state index contributed by atoms with van der Waals surface area (Å²) in [6.07, 6.45) is 1.61. The maximum atomic E-state index is 13.7. The van der Waals surface area contributed by atoms with E-state index in [0.717, 1.165) is 5.52 Å². The van der Waals surface area contributed by atoms with Crippen LogP contribution in [0.15, 0.2) is 77.7 Å². The van der Waals surface area contributed by atoms with Crippen LogP contribution >= 0.6 is 0 Å². The Kier molecular flexibility index (Phi) is 6.51. The summed E-state index contributed by atoms with van der Waals surface area (Å²) in [6, 6.07) is 21.1. The number of benzene rings is 3. The zero-order valence-corrected chi connectivity index (χ0v) is 19.6. The highest BCUT2D eigenvalue weighted by Gasteiger charge is 2.25. The molecule has 0 saturated heterocycles. The van der Waals surface area contributed by atoms with Crippen LogP contribution in [0.2, 0.25) is 0 Å². The summed E-state index contributed by atoms with van der Waals surface area (Å²) in [6.45, 7) is 4.63. The molecule has 4 aromatic rings. The highest BCUT2D eigenvalue weighted by molar-refractivity contribution is 8.00. The SMILES string of the molecule is COc1ccc(/C=C(\c2nc3ccccc3[nH]2)S(=O)(=O)c2ccccc2)cc1OCC(C)C. The van der Waals surface area contributed by atoms with Gasteiger partial charge in [-0.25, -0.2) is 13.4 Å². The number of rotatable bonds is 8. The Morgan fingerprint density at radius 1 is 1.00 bits per heavy atom. The number of hydrogen-bond donors (Lipinski definition) is 1. The van der Waals surface area contributed by atoms with Crippen LogP contribution in [0.5, 0.6) is 11.5 Å². The van der Waals surface area contributed by atoms with Gasteiger partial charge in [0, 0.05) is 0 Å². The predicted molar refractivity (Wildman–Crippen MR) is 131 cm³/mol. The van der Waals surface area contributed by atoms with E-state index in [9.17, 15) is 8.42 Å². The number of hydrogen-bond acceptors (Lipinski definition) is 5. The van der Waals surface area contributed by atoms with Crippen molar-refractivity contribution in [1.29, 1.82) is 0 Å². The number of para-hydroxylation sites is 2. The zero-order chi connectivity index (χ0) is 23.4. The number of fused-ring (bicyclic) bond motifs is 1. The third-order valence-electron chi connectivity index (χ3n) is 5.02. The predicted octanol–water partition coefficient (Wildman–Crippen LogP) is 5.58. The molecule has 0 aliphatic rings. The fourth-order valence-corrected chi connectivity index (χ4v) is 4.78. The number of methoxy groups -OCH3 is 1. The second kappa shape index (κ2) is 9.50. The molecule has 3 aromatic carbocycles. The van der Waals surface area contributed by atoms with Gasteiger partial charge < -0.3 is 14.5 Å². The minimum atomic E-state index is -3.86. The molecule has 0 spiro atoms. The van der Waals surface area contributed by atoms with E-state index in [0.29, 0.717) is 35.1 Å². The normalized spacial score (nSPS) is 12.3. The number of nitrogens with one attached hydrogen (secondary N) is 1. The van der Waals surface area contributed by atoms with E-state index in [-0.39, 0.29) is 15.6 Å². The number of aromatic nitrogens is 2. The summed E-state index contributed by atoms with van der Waals surface area (Å²) < 4.78 is 38.6. The molecule has 1 aromatic heterocycles. The molecule has 0 aliphatic heterocycles. The largest absolute Gasteiger partial charge is 0.493 e. The molecule has 6 nitrogen and oxygen atoms in total. The number of aromatic amines is 1. The van der Waals surface area contributed by atoms with E-state index >= 15 is 0 Å². The summed E-state index contributed by atoms with van der Waals surface area (Å²) in [5.74, 6) is 1.75. The standard InChI is InChI=1S/C26H26N2O4S/c1-18(2)17-32-24-15-19(13-14-23(24)31-3)16-25(33(29,30)20-9-5-4-6-10-20)26-27-21-11-7-8-12-22(21)28-26/h4-16,18H,17H2,1-3H3,(H,27,28)/b25-16+. The average Bonchev–Trinajstić information content (AvgIpc) is 3.25. The third-order valence-corrected chi connectivity index (χ3v) is 6.81. The molecule has 170 valence electrons. The lowest BCUT2D eigenvalue weighted by molar-refractivity contribution is 0.257. The van der Waals surface area contributed by atoms with Crippen molar-refractivity contribution in [3.63, 3.8) is 0 Å². The Hall–Kier alpha value is -3.58. The third kappa shape index (κ3) is 4.93. The minimum absolute atomic E-state index is 0.0740. The van der Waals surface area contributed by atoms with Crippen LogP contribution < -0.4 is 9.47 Å². The highest BCUT2D eigenvalue weighted by atomic mass is 32.2. The van der Waals surface area contributed by atoms with Crippen molar-refractivity contribution in [3.8, 4) is 11.5 Å². The van der Waals surface area contributed by atoms with E-state index in [2.05, 4.69) is 23.8 Å². The molecule has 33 heavy (non-hydrogen) atoms. The van der Waals surface area contributed by atoms with E-state index in [1.165, 1.54) is 0 Å². The Balaban J connectivity index is 1.87. The van der Waals surface area contributed by atoms with Crippen LogP contribution in [-0.4, -0.2) is 32.1 Å². The van der Waals surface area contributed by atoms with E-state index in [4.69, 9.17) is 9.47 Å². The van der Waals surface area contributed by atoms with Crippen LogP contribution in [0.3, 0.4) is 0 Å². The first-order valence-corrected chi connectivity index (χ1v) is 12.1. The molecule has 0 bridgehead atoms. The molecule has 0 fully saturated rings. The molecular weight excluding hydrogens is 436 g/mol. The first-order chi connectivity index (χ1) is 15.9. The molecule has 4 rings (SSSR count). The van der Waals surface area contributed by atoms with Gasteiger partial charge in [-0.3, -0.25) is 0 Å². The summed E-state index contributed by atoms with van der Waals surface area (Å²) >= 11 is 0.